The van der Waals surface area contributed by atoms with Crippen LogP contribution in [0.1, 0.15) is 22.3 Å². The Morgan fingerprint density at radius 1 is 0.938 bits per heavy atom. The Bertz CT molecular complexity index is 1120. The van der Waals surface area contributed by atoms with Crippen LogP contribution in [0.15, 0.2) is 48.2 Å². The molecule has 2 aliphatic heterocycles. The molecule has 7 nitrogen and oxygen atoms in total. The molecule has 164 valence electrons. The van der Waals surface area contributed by atoms with E-state index in [4.69, 9.17) is 5.26 Å². The number of carbonyl (C=O) groups excluding carboxylic acids is 2. The van der Waals surface area contributed by atoms with Crippen LogP contribution in [0.4, 0.5) is 5.69 Å². The Labute approximate surface area is 187 Å². The molecule has 2 aromatic rings. The molecule has 0 saturated carbocycles. The summed E-state index contributed by atoms with van der Waals surface area (Å²) in [5.74, 6) is -0.695. The molecule has 1 saturated heterocycles. The Kier molecular flexibility index (Phi) is 6.08. The number of imide groups is 1. The standard InChI is InChI=1S/C25H26N4O3/c1-17-3-6-20(15-18(17)2)22-23(28-11-9-27(10-12-28)13-14-30)25(32)29(24(22)31)21-7-4-19(16-26)5-8-21/h3-8,15,30H,9-14H2,1-2H3. The molecule has 1 N–H and O–H groups in total. The molecule has 0 aliphatic carbocycles. The van der Waals surface area contributed by atoms with Gasteiger partial charge in [0.15, 0.2) is 0 Å². The Balaban J connectivity index is 1.75. The van der Waals surface area contributed by atoms with Gasteiger partial charge in [-0.2, -0.15) is 5.26 Å². The minimum atomic E-state index is -0.351. The molecule has 0 spiro atoms. The number of nitriles is 1. The zero-order valence-corrected chi connectivity index (χ0v) is 18.3. The number of aliphatic hydroxyl groups excluding tert-OH is 1. The van der Waals surface area contributed by atoms with Crippen LogP contribution in [-0.2, 0) is 9.59 Å². The SMILES string of the molecule is Cc1ccc(C2=C(N3CCN(CCO)CC3)C(=O)N(c3ccc(C#N)cc3)C2=O)cc1C. The van der Waals surface area contributed by atoms with E-state index in [-0.39, 0.29) is 18.4 Å². The van der Waals surface area contributed by atoms with Gasteiger partial charge in [0.1, 0.15) is 5.70 Å². The second-order valence-corrected chi connectivity index (χ2v) is 8.18. The minimum absolute atomic E-state index is 0.0977. The molecular weight excluding hydrogens is 404 g/mol. The molecule has 0 unspecified atom stereocenters. The van der Waals surface area contributed by atoms with Gasteiger partial charge in [-0.15, -0.1) is 0 Å². The predicted octanol–water partition coefficient (Wildman–Crippen LogP) is 2.07. The summed E-state index contributed by atoms with van der Waals surface area (Å²) in [6, 6.07) is 14.4. The summed E-state index contributed by atoms with van der Waals surface area (Å²) in [5.41, 5.74) is 4.66. The highest BCUT2D eigenvalue weighted by Gasteiger charge is 2.43. The van der Waals surface area contributed by atoms with Crippen molar-refractivity contribution in [2.24, 2.45) is 0 Å². The third-order valence-electron chi connectivity index (χ3n) is 6.21. The van der Waals surface area contributed by atoms with Crippen molar-refractivity contribution in [3.63, 3.8) is 0 Å². The summed E-state index contributed by atoms with van der Waals surface area (Å²) >= 11 is 0. The number of β-amino-alcohol motifs (C(OH)–C–C–N with tert-alkyl or cyclic N) is 1. The minimum Gasteiger partial charge on any atom is -0.395 e. The van der Waals surface area contributed by atoms with E-state index in [9.17, 15) is 14.7 Å². The lowest BCUT2D eigenvalue weighted by Crippen LogP contribution is -2.48. The first-order valence-corrected chi connectivity index (χ1v) is 10.7. The van der Waals surface area contributed by atoms with Gasteiger partial charge in [0.25, 0.3) is 11.8 Å². The van der Waals surface area contributed by atoms with E-state index in [1.54, 1.807) is 24.3 Å². The topological polar surface area (TPSA) is 87.9 Å². The molecule has 0 bridgehead atoms. The molecule has 2 aromatic carbocycles. The molecule has 32 heavy (non-hydrogen) atoms. The number of aliphatic hydroxyl groups is 1. The summed E-state index contributed by atoms with van der Waals surface area (Å²) in [6.45, 7) is 7.33. The van der Waals surface area contributed by atoms with Crippen molar-refractivity contribution in [2.45, 2.75) is 13.8 Å². The number of hydrogen-bond donors (Lipinski definition) is 1. The van der Waals surface area contributed by atoms with Crippen LogP contribution in [0.25, 0.3) is 5.57 Å². The highest BCUT2D eigenvalue weighted by molar-refractivity contribution is 6.45. The van der Waals surface area contributed by atoms with Crippen LogP contribution in [0, 0.1) is 25.2 Å². The van der Waals surface area contributed by atoms with Crippen LogP contribution in [0.2, 0.25) is 0 Å². The molecular formula is C25H26N4O3. The van der Waals surface area contributed by atoms with Crippen molar-refractivity contribution < 1.29 is 14.7 Å². The van der Waals surface area contributed by atoms with Crippen LogP contribution >= 0.6 is 0 Å². The van der Waals surface area contributed by atoms with Gasteiger partial charge >= 0.3 is 0 Å². The molecule has 7 heteroatoms. The number of amides is 2. The lowest BCUT2D eigenvalue weighted by molar-refractivity contribution is -0.120. The average Bonchev–Trinajstić information content (AvgIpc) is 3.06. The molecule has 2 amide bonds. The number of anilines is 1. The van der Waals surface area contributed by atoms with E-state index in [0.29, 0.717) is 55.2 Å². The normalized spacial score (nSPS) is 17.3. The first-order chi connectivity index (χ1) is 15.4. The maximum atomic E-state index is 13.6. The van der Waals surface area contributed by atoms with Crippen molar-refractivity contribution in [3.05, 3.63) is 70.4 Å². The van der Waals surface area contributed by atoms with Gasteiger partial charge in [0.05, 0.1) is 29.5 Å². The molecule has 0 atom stereocenters. The van der Waals surface area contributed by atoms with Gasteiger partial charge in [0.2, 0.25) is 0 Å². The third kappa shape index (κ3) is 3.91. The van der Waals surface area contributed by atoms with Gasteiger partial charge < -0.3 is 10.0 Å². The van der Waals surface area contributed by atoms with Crippen LogP contribution in [0.3, 0.4) is 0 Å². The Hall–Kier alpha value is -3.47. The fourth-order valence-corrected chi connectivity index (χ4v) is 4.22. The molecule has 0 aromatic heterocycles. The van der Waals surface area contributed by atoms with Crippen LogP contribution in [-0.4, -0.2) is 66.1 Å². The van der Waals surface area contributed by atoms with E-state index >= 15 is 0 Å². The number of nitrogens with zero attached hydrogens (tertiary/aromatic N) is 4. The van der Waals surface area contributed by atoms with Crippen molar-refractivity contribution in [1.29, 1.82) is 5.26 Å². The second-order valence-electron chi connectivity index (χ2n) is 8.18. The summed E-state index contributed by atoms with van der Waals surface area (Å²) in [5, 5.41) is 18.3. The zero-order chi connectivity index (χ0) is 22.8. The summed E-state index contributed by atoms with van der Waals surface area (Å²) in [6.07, 6.45) is 0. The number of aryl methyl sites for hydroxylation is 2. The smallest absolute Gasteiger partial charge is 0.282 e. The first kappa shape index (κ1) is 21.8. The highest BCUT2D eigenvalue weighted by atomic mass is 16.3. The fourth-order valence-electron chi connectivity index (χ4n) is 4.22. The van der Waals surface area contributed by atoms with Gasteiger partial charge in [-0.3, -0.25) is 14.5 Å². The fraction of sp³-hybridized carbons (Fsp3) is 0.320. The van der Waals surface area contributed by atoms with Gasteiger partial charge in [-0.05, 0) is 54.8 Å². The van der Waals surface area contributed by atoms with Crippen LogP contribution in [0.5, 0.6) is 0 Å². The van der Waals surface area contributed by atoms with E-state index in [1.165, 1.54) is 4.90 Å². The summed E-state index contributed by atoms with van der Waals surface area (Å²) in [4.78, 5) is 32.5. The maximum absolute atomic E-state index is 13.6. The maximum Gasteiger partial charge on any atom is 0.282 e. The number of benzene rings is 2. The molecule has 2 aliphatic rings. The number of rotatable bonds is 5. The van der Waals surface area contributed by atoms with Crippen molar-refractivity contribution >= 4 is 23.1 Å². The average molecular weight is 431 g/mol. The largest absolute Gasteiger partial charge is 0.395 e. The Morgan fingerprint density at radius 3 is 2.22 bits per heavy atom. The highest BCUT2D eigenvalue weighted by Crippen LogP contribution is 2.35. The number of carbonyl (C=O) groups is 2. The van der Waals surface area contributed by atoms with Crippen molar-refractivity contribution in [3.8, 4) is 6.07 Å². The summed E-state index contributed by atoms with van der Waals surface area (Å²) < 4.78 is 0. The number of hydrogen-bond acceptors (Lipinski definition) is 6. The molecule has 2 heterocycles. The quantitative estimate of drug-likeness (QED) is 0.731. The molecule has 4 rings (SSSR count). The second kappa shape index (κ2) is 8.95. The summed E-state index contributed by atoms with van der Waals surface area (Å²) in [7, 11) is 0. The van der Waals surface area contributed by atoms with E-state index in [1.807, 2.05) is 36.9 Å². The molecule has 1 fully saturated rings. The van der Waals surface area contributed by atoms with Gasteiger partial charge in [-0.1, -0.05) is 18.2 Å². The van der Waals surface area contributed by atoms with Crippen LogP contribution < -0.4 is 4.90 Å². The van der Waals surface area contributed by atoms with E-state index < -0.39 is 0 Å². The van der Waals surface area contributed by atoms with E-state index in [2.05, 4.69) is 11.0 Å². The predicted molar refractivity (Wildman–Crippen MR) is 122 cm³/mol. The van der Waals surface area contributed by atoms with Gasteiger partial charge in [0, 0.05) is 32.7 Å². The lowest BCUT2D eigenvalue weighted by Gasteiger charge is -2.36. The zero-order valence-electron chi connectivity index (χ0n) is 18.3. The monoisotopic (exact) mass is 430 g/mol. The first-order valence-electron chi connectivity index (χ1n) is 10.7. The third-order valence-corrected chi connectivity index (χ3v) is 6.21. The van der Waals surface area contributed by atoms with Crippen molar-refractivity contribution in [2.75, 3.05) is 44.2 Å². The number of piperazine rings is 1. The Morgan fingerprint density at radius 2 is 1.62 bits per heavy atom. The van der Waals surface area contributed by atoms with E-state index in [0.717, 1.165) is 16.7 Å². The van der Waals surface area contributed by atoms with Crippen molar-refractivity contribution in [1.82, 2.24) is 9.80 Å². The van der Waals surface area contributed by atoms with Gasteiger partial charge in [-0.25, -0.2) is 4.90 Å². The molecule has 0 radical (unpaired) electrons. The lowest BCUT2D eigenvalue weighted by atomic mass is 9.99.